The number of hydrogen-bond donors (Lipinski definition) is 1. The maximum Gasteiger partial charge on any atom is 0.188 e. The normalized spacial score (nSPS) is 10.5. The Morgan fingerprint density at radius 2 is 2.00 bits per heavy atom. The molecule has 100 valence electrons. The van der Waals surface area contributed by atoms with E-state index < -0.39 is 0 Å². The fourth-order valence-corrected chi connectivity index (χ4v) is 2.61. The molecular formula is C15H14N4S. The van der Waals surface area contributed by atoms with Crippen molar-refractivity contribution >= 4 is 22.3 Å². The van der Waals surface area contributed by atoms with Crippen LogP contribution in [0.25, 0.3) is 11.4 Å². The van der Waals surface area contributed by atoms with Crippen LogP contribution in [0.15, 0.2) is 42.0 Å². The molecule has 0 unspecified atom stereocenters. The number of aryl methyl sites for hydroxylation is 2. The van der Waals surface area contributed by atoms with Gasteiger partial charge in [0.15, 0.2) is 5.13 Å². The number of pyridine rings is 2. The van der Waals surface area contributed by atoms with Crippen LogP contribution in [0.4, 0.5) is 10.9 Å². The fourth-order valence-electron chi connectivity index (χ4n) is 1.91. The van der Waals surface area contributed by atoms with Crippen molar-refractivity contribution in [3.05, 3.63) is 53.2 Å². The van der Waals surface area contributed by atoms with E-state index in [1.807, 2.05) is 43.6 Å². The maximum absolute atomic E-state index is 4.54. The third kappa shape index (κ3) is 2.67. The lowest BCUT2D eigenvalue weighted by Crippen LogP contribution is -1.96. The molecule has 20 heavy (non-hydrogen) atoms. The van der Waals surface area contributed by atoms with E-state index in [0.29, 0.717) is 0 Å². The Hall–Kier alpha value is -2.27. The first-order chi connectivity index (χ1) is 9.72. The second-order valence-electron chi connectivity index (χ2n) is 4.56. The maximum atomic E-state index is 4.54. The number of hydrogen-bond acceptors (Lipinski definition) is 5. The standard InChI is InChI=1S/C15H14N4S/c1-10-7-11(2)14(17-8-10)19-15-18-13(9-20-15)12-5-3-4-6-16-12/h3-9H,1-2H3,(H,17,18,19). The molecule has 0 aliphatic carbocycles. The lowest BCUT2D eigenvalue weighted by atomic mass is 10.2. The number of nitrogens with zero attached hydrogens (tertiary/aromatic N) is 3. The van der Waals surface area contributed by atoms with Gasteiger partial charge in [0.1, 0.15) is 11.5 Å². The van der Waals surface area contributed by atoms with Crippen LogP contribution < -0.4 is 5.32 Å². The Morgan fingerprint density at radius 1 is 1.10 bits per heavy atom. The Kier molecular flexibility index (Phi) is 3.43. The highest BCUT2D eigenvalue weighted by molar-refractivity contribution is 7.14. The van der Waals surface area contributed by atoms with E-state index in [1.165, 1.54) is 0 Å². The van der Waals surface area contributed by atoms with Crippen LogP contribution in [0, 0.1) is 13.8 Å². The summed E-state index contributed by atoms with van der Waals surface area (Å²) in [6, 6.07) is 7.91. The number of anilines is 2. The van der Waals surface area contributed by atoms with Crippen molar-refractivity contribution in [2.75, 3.05) is 5.32 Å². The molecule has 0 saturated heterocycles. The predicted molar refractivity (Wildman–Crippen MR) is 82.3 cm³/mol. The first-order valence-electron chi connectivity index (χ1n) is 6.29. The molecule has 0 atom stereocenters. The van der Waals surface area contributed by atoms with Crippen LogP contribution >= 0.6 is 11.3 Å². The minimum Gasteiger partial charge on any atom is -0.316 e. The van der Waals surface area contributed by atoms with E-state index in [2.05, 4.69) is 26.3 Å². The zero-order valence-electron chi connectivity index (χ0n) is 11.3. The molecule has 0 bridgehead atoms. The summed E-state index contributed by atoms with van der Waals surface area (Å²) in [6.45, 7) is 4.07. The van der Waals surface area contributed by atoms with Gasteiger partial charge in [0.05, 0.1) is 5.69 Å². The minimum absolute atomic E-state index is 0.824. The lowest BCUT2D eigenvalue weighted by molar-refractivity contribution is 1.20. The molecule has 3 rings (SSSR count). The number of aromatic nitrogens is 3. The first-order valence-corrected chi connectivity index (χ1v) is 7.17. The van der Waals surface area contributed by atoms with Gasteiger partial charge in [-0.25, -0.2) is 9.97 Å². The highest BCUT2D eigenvalue weighted by Gasteiger charge is 2.07. The summed E-state index contributed by atoms with van der Waals surface area (Å²) in [7, 11) is 0. The van der Waals surface area contributed by atoms with Crippen molar-refractivity contribution in [1.29, 1.82) is 0 Å². The Bertz CT molecular complexity index is 722. The molecule has 3 aromatic rings. The fraction of sp³-hybridized carbons (Fsp3) is 0.133. The Labute approximate surface area is 121 Å². The third-order valence-corrected chi connectivity index (χ3v) is 3.63. The average Bonchev–Trinajstić information content (AvgIpc) is 2.92. The van der Waals surface area contributed by atoms with Gasteiger partial charge in [0, 0.05) is 17.8 Å². The molecule has 1 N–H and O–H groups in total. The second-order valence-corrected chi connectivity index (χ2v) is 5.41. The Balaban J connectivity index is 1.84. The van der Waals surface area contributed by atoms with E-state index in [0.717, 1.165) is 33.5 Å². The van der Waals surface area contributed by atoms with Gasteiger partial charge < -0.3 is 5.32 Å². The molecule has 0 aliphatic heterocycles. The molecule has 0 fully saturated rings. The summed E-state index contributed by atoms with van der Waals surface area (Å²) in [5.74, 6) is 0.845. The van der Waals surface area contributed by atoms with Crippen LogP contribution in [-0.2, 0) is 0 Å². The van der Waals surface area contributed by atoms with Crippen LogP contribution in [0.5, 0.6) is 0 Å². The smallest absolute Gasteiger partial charge is 0.188 e. The monoisotopic (exact) mass is 282 g/mol. The van der Waals surface area contributed by atoms with Crippen molar-refractivity contribution in [3.63, 3.8) is 0 Å². The van der Waals surface area contributed by atoms with E-state index in [9.17, 15) is 0 Å². The number of thiazole rings is 1. The molecule has 4 nitrogen and oxygen atoms in total. The van der Waals surface area contributed by atoms with Gasteiger partial charge in [-0.2, -0.15) is 0 Å². The summed E-state index contributed by atoms with van der Waals surface area (Å²) in [4.78, 5) is 13.2. The molecule has 3 heterocycles. The third-order valence-electron chi connectivity index (χ3n) is 2.87. The van der Waals surface area contributed by atoms with Gasteiger partial charge in [0.25, 0.3) is 0 Å². The van der Waals surface area contributed by atoms with Gasteiger partial charge >= 0.3 is 0 Å². The van der Waals surface area contributed by atoms with E-state index in [1.54, 1.807) is 17.5 Å². The summed E-state index contributed by atoms with van der Waals surface area (Å²) < 4.78 is 0. The molecule has 0 saturated carbocycles. The van der Waals surface area contributed by atoms with Crippen molar-refractivity contribution in [1.82, 2.24) is 15.0 Å². The SMILES string of the molecule is Cc1cnc(Nc2nc(-c3ccccn3)cs2)c(C)c1. The van der Waals surface area contributed by atoms with Crippen molar-refractivity contribution < 1.29 is 0 Å². The molecule has 5 heteroatoms. The van der Waals surface area contributed by atoms with Crippen LogP contribution in [-0.4, -0.2) is 15.0 Å². The average molecular weight is 282 g/mol. The van der Waals surface area contributed by atoms with E-state index in [4.69, 9.17) is 0 Å². The van der Waals surface area contributed by atoms with Crippen molar-refractivity contribution in [2.45, 2.75) is 13.8 Å². The second kappa shape index (κ2) is 5.38. The molecule has 3 aromatic heterocycles. The largest absolute Gasteiger partial charge is 0.316 e. The highest BCUT2D eigenvalue weighted by atomic mass is 32.1. The summed E-state index contributed by atoms with van der Waals surface area (Å²) in [5, 5.41) is 6.08. The molecule has 0 aliphatic rings. The molecule has 0 spiro atoms. The van der Waals surface area contributed by atoms with Gasteiger partial charge in [-0.3, -0.25) is 4.98 Å². The van der Waals surface area contributed by atoms with E-state index >= 15 is 0 Å². The van der Waals surface area contributed by atoms with Crippen molar-refractivity contribution in [3.8, 4) is 11.4 Å². The summed E-state index contributed by atoms with van der Waals surface area (Å²) in [5.41, 5.74) is 4.02. The summed E-state index contributed by atoms with van der Waals surface area (Å²) >= 11 is 1.55. The zero-order chi connectivity index (χ0) is 13.9. The predicted octanol–water partition coefficient (Wildman–Crippen LogP) is 3.96. The lowest BCUT2D eigenvalue weighted by Gasteiger charge is -2.05. The molecule has 0 aromatic carbocycles. The summed E-state index contributed by atoms with van der Waals surface area (Å²) in [6.07, 6.45) is 3.62. The van der Waals surface area contributed by atoms with Gasteiger partial charge in [-0.05, 0) is 37.1 Å². The zero-order valence-corrected chi connectivity index (χ0v) is 12.1. The highest BCUT2D eigenvalue weighted by Crippen LogP contribution is 2.26. The van der Waals surface area contributed by atoms with Gasteiger partial charge in [-0.1, -0.05) is 12.1 Å². The molecule has 0 amide bonds. The van der Waals surface area contributed by atoms with Gasteiger partial charge in [-0.15, -0.1) is 11.3 Å². The van der Waals surface area contributed by atoms with Crippen LogP contribution in [0.1, 0.15) is 11.1 Å². The number of nitrogens with one attached hydrogen (secondary N) is 1. The van der Waals surface area contributed by atoms with Crippen LogP contribution in [0.2, 0.25) is 0 Å². The minimum atomic E-state index is 0.824. The topological polar surface area (TPSA) is 50.7 Å². The Morgan fingerprint density at radius 3 is 2.75 bits per heavy atom. The molecular weight excluding hydrogens is 268 g/mol. The quantitative estimate of drug-likeness (QED) is 0.790. The number of rotatable bonds is 3. The van der Waals surface area contributed by atoms with Crippen LogP contribution in [0.3, 0.4) is 0 Å². The van der Waals surface area contributed by atoms with E-state index in [-0.39, 0.29) is 0 Å². The van der Waals surface area contributed by atoms with Crippen molar-refractivity contribution in [2.24, 2.45) is 0 Å². The van der Waals surface area contributed by atoms with Gasteiger partial charge in [0.2, 0.25) is 0 Å². The molecule has 0 radical (unpaired) electrons. The first kappa shape index (κ1) is 12.7.